The van der Waals surface area contributed by atoms with Crippen LogP contribution in [0.2, 0.25) is 0 Å². The van der Waals surface area contributed by atoms with Crippen molar-refractivity contribution in [1.82, 2.24) is 0 Å². The van der Waals surface area contributed by atoms with Crippen molar-refractivity contribution in [3.8, 4) is 0 Å². The first-order valence-electron chi connectivity index (χ1n) is 6.68. The van der Waals surface area contributed by atoms with Crippen LogP contribution in [0.25, 0.3) is 0 Å². The molecule has 0 aromatic heterocycles. The lowest BCUT2D eigenvalue weighted by Gasteiger charge is -2.05. The average molecular weight is 214 g/mol. The molecule has 0 heteroatoms. The topological polar surface area (TPSA) is 0 Å². The van der Waals surface area contributed by atoms with Gasteiger partial charge in [-0.25, -0.2) is 0 Å². The van der Waals surface area contributed by atoms with Crippen molar-refractivity contribution in [2.24, 2.45) is 0 Å². The van der Waals surface area contributed by atoms with E-state index in [0.717, 1.165) is 0 Å². The van der Waals surface area contributed by atoms with E-state index in [9.17, 15) is 0 Å². The van der Waals surface area contributed by atoms with E-state index < -0.39 is 0 Å². The fraction of sp³-hybridized carbons (Fsp3) is 0.500. The second kappa shape index (κ2) is 6.52. The Hall–Kier alpha value is -1.04. The molecule has 0 atom stereocenters. The number of rotatable bonds is 0. The quantitative estimate of drug-likeness (QED) is 0.550. The Labute approximate surface area is 99.4 Å². The van der Waals surface area contributed by atoms with Gasteiger partial charge in [0.2, 0.25) is 0 Å². The maximum atomic E-state index is 2.37. The van der Waals surface area contributed by atoms with E-state index in [0.29, 0.717) is 0 Å². The van der Waals surface area contributed by atoms with E-state index in [2.05, 4.69) is 36.4 Å². The summed E-state index contributed by atoms with van der Waals surface area (Å²) in [4.78, 5) is 0. The standard InChI is InChI=1S/C16H22/c1-2-4-6-8-10-16-13-11-15(12-14-16)9-7-5-3-1/h1-2,11-14H,3-10H2/b2-1-. The number of aryl methyl sites for hydroxylation is 2. The van der Waals surface area contributed by atoms with Crippen molar-refractivity contribution in [3.05, 3.63) is 47.5 Å². The number of hydrogen-bond acceptors (Lipinski definition) is 0. The van der Waals surface area contributed by atoms with Gasteiger partial charge in [-0.2, -0.15) is 0 Å². The fourth-order valence-electron chi connectivity index (χ4n) is 2.29. The molecule has 0 nitrogen and oxygen atoms in total. The number of benzene rings is 1. The van der Waals surface area contributed by atoms with Crippen LogP contribution >= 0.6 is 0 Å². The molecule has 2 bridgehead atoms. The molecule has 0 saturated heterocycles. The van der Waals surface area contributed by atoms with Gasteiger partial charge < -0.3 is 0 Å². The SMILES string of the molecule is C1=C\CCCCc2ccc(cc2)CCCC/1. The van der Waals surface area contributed by atoms with Crippen LogP contribution < -0.4 is 0 Å². The summed E-state index contributed by atoms with van der Waals surface area (Å²) in [6.45, 7) is 0. The van der Waals surface area contributed by atoms with Crippen molar-refractivity contribution < 1.29 is 0 Å². The molecule has 0 heterocycles. The summed E-state index contributed by atoms with van der Waals surface area (Å²) in [5.74, 6) is 0. The van der Waals surface area contributed by atoms with Gasteiger partial charge in [-0.3, -0.25) is 0 Å². The molecule has 0 radical (unpaired) electrons. The molecule has 0 N–H and O–H groups in total. The van der Waals surface area contributed by atoms with Gasteiger partial charge in [0.25, 0.3) is 0 Å². The smallest absolute Gasteiger partial charge is 0.0279 e. The van der Waals surface area contributed by atoms with E-state index in [1.807, 2.05) is 0 Å². The summed E-state index contributed by atoms with van der Waals surface area (Å²) in [6, 6.07) is 9.27. The average Bonchev–Trinajstić information content (AvgIpc) is 2.33. The third-order valence-corrected chi connectivity index (χ3v) is 3.36. The van der Waals surface area contributed by atoms with Gasteiger partial charge in [-0.1, -0.05) is 36.4 Å². The molecule has 1 aromatic rings. The largest absolute Gasteiger partial charge is 0.0885 e. The lowest BCUT2D eigenvalue weighted by molar-refractivity contribution is 0.726. The Bertz CT molecular complexity index is 285. The molecule has 0 spiro atoms. The van der Waals surface area contributed by atoms with E-state index in [-0.39, 0.29) is 0 Å². The lowest BCUT2D eigenvalue weighted by atomic mass is 10.0. The van der Waals surface area contributed by atoms with Crippen molar-refractivity contribution in [2.75, 3.05) is 0 Å². The highest BCUT2D eigenvalue weighted by atomic mass is 14.0. The van der Waals surface area contributed by atoms with Gasteiger partial charge in [-0.05, 0) is 62.5 Å². The van der Waals surface area contributed by atoms with E-state index >= 15 is 0 Å². The molecule has 0 aliphatic heterocycles. The molecule has 86 valence electrons. The van der Waals surface area contributed by atoms with Gasteiger partial charge in [0.15, 0.2) is 0 Å². The van der Waals surface area contributed by atoms with Gasteiger partial charge in [-0.15, -0.1) is 0 Å². The van der Waals surface area contributed by atoms with Gasteiger partial charge in [0.05, 0.1) is 0 Å². The zero-order chi connectivity index (χ0) is 11.1. The monoisotopic (exact) mass is 214 g/mol. The molecule has 1 aromatic carbocycles. The minimum atomic E-state index is 1.24. The highest BCUT2D eigenvalue weighted by Crippen LogP contribution is 2.13. The summed E-state index contributed by atoms with van der Waals surface area (Å²) >= 11 is 0. The molecule has 2 aliphatic carbocycles. The zero-order valence-electron chi connectivity index (χ0n) is 10.1. The minimum absolute atomic E-state index is 1.24. The highest BCUT2D eigenvalue weighted by molar-refractivity contribution is 5.22. The summed E-state index contributed by atoms with van der Waals surface area (Å²) in [5.41, 5.74) is 3.01. The highest BCUT2D eigenvalue weighted by Gasteiger charge is 1.97. The zero-order valence-corrected chi connectivity index (χ0v) is 10.1. The Balaban J connectivity index is 1.97. The third kappa shape index (κ3) is 3.84. The number of fused-ring (bicyclic) bond motifs is 10. The van der Waals surface area contributed by atoms with Gasteiger partial charge in [0.1, 0.15) is 0 Å². The Morgan fingerprint density at radius 3 is 1.44 bits per heavy atom. The van der Waals surface area contributed by atoms with Gasteiger partial charge >= 0.3 is 0 Å². The second-order valence-corrected chi connectivity index (χ2v) is 4.78. The lowest BCUT2D eigenvalue weighted by Crippen LogP contribution is -1.90. The molecule has 16 heavy (non-hydrogen) atoms. The predicted molar refractivity (Wildman–Crippen MR) is 70.7 cm³/mol. The maximum Gasteiger partial charge on any atom is -0.0279 e. The molecular formula is C16H22. The summed E-state index contributed by atoms with van der Waals surface area (Å²) < 4.78 is 0. The van der Waals surface area contributed by atoms with Crippen LogP contribution in [-0.2, 0) is 12.8 Å². The van der Waals surface area contributed by atoms with Crippen molar-refractivity contribution in [1.29, 1.82) is 0 Å². The molecule has 0 unspecified atom stereocenters. The summed E-state index contributed by atoms with van der Waals surface area (Å²) in [6.07, 6.45) is 15.1. The first-order valence-corrected chi connectivity index (χ1v) is 6.68. The third-order valence-electron chi connectivity index (χ3n) is 3.36. The first-order chi connectivity index (χ1) is 7.95. The summed E-state index contributed by atoms with van der Waals surface area (Å²) in [7, 11) is 0. The molecule has 2 aliphatic rings. The van der Waals surface area contributed by atoms with Crippen LogP contribution in [0.5, 0.6) is 0 Å². The Kier molecular flexibility index (Phi) is 4.67. The van der Waals surface area contributed by atoms with E-state index in [1.165, 1.54) is 62.5 Å². The molecule has 0 fully saturated rings. The Morgan fingerprint density at radius 1 is 0.562 bits per heavy atom. The molecule has 3 rings (SSSR count). The minimum Gasteiger partial charge on any atom is -0.0885 e. The van der Waals surface area contributed by atoms with Crippen LogP contribution in [-0.4, -0.2) is 0 Å². The van der Waals surface area contributed by atoms with Crippen LogP contribution in [0.3, 0.4) is 0 Å². The molecule has 0 amide bonds. The van der Waals surface area contributed by atoms with E-state index in [4.69, 9.17) is 0 Å². The molecular weight excluding hydrogens is 192 g/mol. The van der Waals surface area contributed by atoms with Crippen molar-refractivity contribution in [3.63, 3.8) is 0 Å². The first kappa shape index (κ1) is 11.4. The summed E-state index contributed by atoms with van der Waals surface area (Å²) in [5, 5.41) is 0. The normalized spacial score (nSPS) is 20.2. The fourth-order valence-corrected chi connectivity index (χ4v) is 2.29. The maximum absolute atomic E-state index is 2.37. The second-order valence-electron chi connectivity index (χ2n) is 4.78. The van der Waals surface area contributed by atoms with Crippen LogP contribution in [0.15, 0.2) is 36.4 Å². The van der Waals surface area contributed by atoms with Crippen LogP contribution in [0.1, 0.15) is 49.7 Å². The van der Waals surface area contributed by atoms with Crippen molar-refractivity contribution >= 4 is 0 Å². The molecule has 0 saturated carbocycles. The number of hydrogen-bond donors (Lipinski definition) is 0. The van der Waals surface area contributed by atoms with Crippen LogP contribution in [0, 0.1) is 0 Å². The van der Waals surface area contributed by atoms with Crippen LogP contribution in [0.4, 0.5) is 0 Å². The van der Waals surface area contributed by atoms with E-state index in [1.54, 1.807) is 0 Å². The van der Waals surface area contributed by atoms with Gasteiger partial charge in [0, 0.05) is 0 Å². The predicted octanol–water partition coefficient (Wildman–Crippen LogP) is 4.68. The Morgan fingerprint density at radius 2 is 1.00 bits per heavy atom. The van der Waals surface area contributed by atoms with Crippen molar-refractivity contribution in [2.45, 2.75) is 51.4 Å². The number of allylic oxidation sites excluding steroid dienone is 2.